The quantitative estimate of drug-likeness (QED) is 0.588. The van der Waals surface area contributed by atoms with Crippen molar-refractivity contribution in [2.45, 2.75) is 51.4 Å². The van der Waals surface area contributed by atoms with Crippen LogP contribution in [0.2, 0.25) is 0 Å². The fraction of sp³-hybridized carbons (Fsp3) is 0.682. The molecule has 3 heteroatoms. The second kappa shape index (κ2) is 6.75. The van der Waals surface area contributed by atoms with Gasteiger partial charge in [-0.05, 0) is 85.0 Å². The lowest BCUT2D eigenvalue weighted by Gasteiger charge is -2.50. The van der Waals surface area contributed by atoms with E-state index in [0.717, 1.165) is 30.4 Å². The average Bonchev–Trinajstić information content (AvgIpc) is 2.98. The molecule has 0 radical (unpaired) electrons. The summed E-state index contributed by atoms with van der Waals surface area (Å²) >= 11 is 0. The Morgan fingerprint density at radius 2 is 2.08 bits per heavy atom. The van der Waals surface area contributed by atoms with E-state index in [2.05, 4.69) is 25.1 Å². The molecule has 0 aliphatic heterocycles. The number of aldehydes is 1. The highest BCUT2D eigenvalue weighted by Gasteiger charge is 2.54. The Kier molecular flexibility index (Phi) is 4.61. The summed E-state index contributed by atoms with van der Waals surface area (Å²) < 4.78 is 10.9. The van der Waals surface area contributed by atoms with Gasteiger partial charge in [-0.2, -0.15) is 0 Å². The minimum absolute atomic E-state index is 0.254. The number of methoxy groups -OCH3 is 1. The molecule has 136 valence electrons. The summed E-state index contributed by atoms with van der Waals surface area (Å²) in [5.41, 5.74) is 3.28. The lowest BCUT2D eigenvalue weighted by atomic mass is 9.54. The van der Waals surface area contributed by atoms with Gasteiger partial charge in [-0.25, -0.2) is 0 Å². The summed E-state index contributed by atoms with van der Waals surface area (Å²) in [7, 11) is 1.70. The fourth-order valence-electron chi connectivity index (χ4n) is 6.16. The van der Waals surface area contributed by atoms with Crippen molar-refractivity contribution in [2.75, 3.05) is 20.3 Å². The van der Waals surface area contributed by atoms with Crippen LogP contribution in [-0.2, 0) is 16.0 Å². The minimum Gasteiger partial charge on any atom is -0.491 e. The van der Waals surface area contributed by atoms with Crippen molar-refractivity contribution in [3.63, 3.8) is 0 Å². The number of ether oxygens (including phenoxy) is 2. The van der Waals surface area contributed by atoms with Crippen molar-refractivity contribution < 1.29 is 14.3 Å². The Labute approximate surface area is 151 Å². The average molecular weight is 342 g/mol. The van der Waals surface area contributed by atoms with Crippen molar-refractivity contribution in [1.29, 1.82) is 0 Å². The first-order valence-electron chi connectivity index (χ1n) is 9.87. The van der Waals surface area contributed by atoms with Crippen LogP contribution in [0.15, 0.2) is 18.2 Å². The molecular formula is C22H30O3. The van der Waals surface area contributed by atoms with E-state index >= 15 is 0 Å². The standard InChI is InChI=1S/C22H30O3/c1-22-10-9-19-18-7-5-17(25-12-11-24-2)13-15(18)3-6-20(19)21(22)8-4-16(22)14-23/h5,7,13-14,16,19-21H,3-4,6,8-12H2,1-2H3/t16?,19-,20-,21+,22-/m1/s1. The maximum absolute atomic E-state index is 11.5. The predicted octanol–water partition coefficient (Wildman–Crippen LogP) is 4.38. The first-order chi connectivity index (χ1) is 12.2. The molecule has 3 aliphatic rings. The molecule has 0 amide bonds. The molecule has 2 fully saturated rings. The maximum Gasteiger partial charge on any atom is 0.123 e. The van der Waals surface area contributed by atoms with Gasteiger partial charge in [-0.15, -0.1) is 0 Å². The molecule has 0 N–H and O–H groups in total. The van der Waals surface area contributed by atoms with Gasteiger partial charge in [0.2, 0.25) is 0 Å². The van der Waals surface area contributed by atoms with Gasteiger partial charge in [0.05, 0.1) is 6.61 Å². The summed E-state index contributed by atoms with van der Waals surface area (Å²) in [6, 6.07) is 6.69. The Bertz CT molecular complexity index is 640. The van der Waals surface area contributed by atoms with Gasteiger partial charge in [-0.3, -0.25) is 0 Å². The van der Waals surface area contributed by atoms with Gasteiger partial charge < -0.3 is 14.3 Å². The van der Waals surface area contributed by atoms with E-state index in [9.17, 15) is 4.79 Å². The minimum atomic E-state index is 0.254. The monoisotopic (exact) mass is 342 g/mol. The largest absolute Gasteiger partial charge is 0.491 e. The first kappa shape index (κ1) is 17.1. The molecule has 3 nitrogen and oxygen atoms in total. The normalized spacial score (nSPS) is 36.2. The summed E-state index contributed by atoms with van der Waals surface area (Å²) in [4.78, 5) is 11.5. The zero-order valence-electron chi connectivity index (χ0n) is 15.5. The Balaban J connectivity index is 1.55. The molecule has 25 heavy (non-hydrogen) atoms. The maximum atomic E-state index is 11.5. The van der Waals surface area contributed by atoms with E-state index in [4.69, 9.17) is 9.47 Å². The molecule has 1 unspecified atom stereocenters. The number of carbonyl (C=O) groups excluding carboxylic acids is 1. The van der Waals surface area contributed by atoms with Crippen LogP contribution in [0.3, 0.4) is 0 Å². The van der Waals surface area contributed by atoms with Crippen LogP contribution in [0.25, 0.3) is 0 Å². The van der Waals surface area contributed by atoms with Gasteiger partial charge in [-0.1, -0.05) is 13.0 Å². The molecule has 0 saturated heterocycles. The van der Waals surface area contributed by atoms with Gasteiger partial charge in [0.15, 0.2) is 0 Å². The second-order valence-electron chi connectivity index (χ2n) is 8.48. The van der Waals surface area contributed by atoms with Crippen molar-refractivity contribution in [2.24, 2.45) is 23.2 Å². The van der Waals surface area contributed by atoms with Crippen LogP contribution < -0.4 is 4.74 Å². The molecule has 3 aliphatic carbocycles. The molecule has 1 aromatic carbocycles. The van der Waals surface area contributed by atoms with Crippen LogP contribution in [0.5, 0.6) is 5.75 Å². The third kappa shape index (κ3) is 2.81. The van der Waals surface area contributed by atoms with Gasteiger partial charge >= 0.3 is 0 Å². The topological polar surface area (TPSA) is 35.5 Å². The summed E-state index contributed by atoms with van der Waals surface area (Å²) in [5.74, 6) is 3.43. The smallest absolute Gasteiger partial charge is 0.123 e. The molecule has 0 aromatic heterocycles. The second-order valence-corrected chi connectivity index (χ2v) is 8.48. The Morgan fingerprint density at radius 3 is 2.88 bits per heavy atom. The van der Waals surface area contributed by atoms with E-state index in [1.807, 2.05) is 0 Å². The van der Waals surface area contributed by atoms with Crippen LogP contribution in [0.4, 0.5) is 0 Å². The highest BCUT2D eigenvalue weighted by atomic mass is 16.5. The molecule has 0 heterocycles. The van der Waals surface area contributed by atoms with E-state index in [0.29, 0.717) is 19.1 Å². The fourth-order valence-corrected chi connectivity index (χ4v) is 6.16. The molecule has 1 aromatic rings. The first-order valence-corrected chi connectivity index (χ1v) is 9.87. The van der Waals surface area contributed by atoms with E-state index in [-0.39, 0.29) is 11.3 Å². The summed E-state index contributed by atoms with van der Waals surface area (Å²) in [6.07, 6.45) is 8.45. The molecule has 5 atom stereocenters. The van der Waals surface area contributed by atoms with Crippen molar-refractivity contribution in [3.05, 3.63) is 29.3 Å². The third-order valence-corrected chi connectivity index (χ3v) is 7.49. The number of benzene rings is 1. The lowest BCUT2D eigenvalue weighted by molar-refractivity contribution is -0.115. The van der Waals surface area contributed by atoms with Gasteiger partial charge in [0.1, 0.15) is 18.6 Å². The van der Waals surface area contributed by atoms with Crippen molar-refractivity contribution >= 4 is 6.29 Å². The zero-order valence-corrected chi connectivity index (χ0v) is 15.5. The number of fused-ring (bicyclic) bond motifs is 5. The molecule has 0 bridgehead atoms. The summed E-state index contributed by atoms with van der Waals surface area (Å²) in [6.45, 7) is 3.62. The lowest BCUT2D eigenvalue weighted by Crippen LogP contribution is -2.42. The Hall–Kier alpha value is -1.35. The molecule has 4 rings (SSSR count). The van der Waals surface area contributed by atoms with Crippen LogP contribution in [-0.4, -0.2) is 26.6 Å². The molecular weight excluding hydrogens is 312 g/mol. The van der Waals surface area contributed by atoms with E-state index in [1.54, 1.807) is 12.7 Å². The molecule has 2 saturated carbocycles. The highest BCUT2D eigenvalue weighted by molar-refractivity contribution is 5.56. The number of hydrogen-bond acceptors (Lipinski definition) is 3. The Morgan fingerprint density at radius 1 is 1.20 bits per heavy atom. The highest BCUT2D eigenvalue weighted by Crippen LogP contribution is 2.62. The number of aryl methyl sites for hydroxylation is 1. The third-order valence-electron chi connectivity index (χ3n) is 7.49. The predicted molar refractivity (Wildman–Crippen MR) is 98.0 cm³/mol. The van der Waals surface area contributed by atoms with Crippen LogP contribution >= 0.6 is 0 Å². The number of carbonyl (C=O) groups is 1. The van der Waals surface area contributed by atoms with Crippen molar-refractivity contribution in [1.82, 2.24) is 0 Å². The van der Waals surface area contributed by atoms with E-state index < -0.39 is 0 Å². The zero-order chi connectivity index (χ0) is 17.4. The van der Waals surface area contributed by atoms with Gasteiger partial charge in [0.25, 0.3) is 0 Å². The van der Waals surface area contributed by atoms with Crippen molar-refractivity contribution in [3.8, 4) is 5.75 Å². The van der Waals surface area contributed by atoms with Gasteiger partial charge in [0, 0.05) is 13.0 Å². The van der Waals surface area contributed by atoms with E-state index in [1.165, 1.54) is 37.5 Å². The SMILES string of the molecule is COCCOc1ccc2c(c1)CC[C@@H]1[C@@H]2CC[C@]2(C)C(C=O)CC[C@@H]12. The van der Waals surface area contributed by atoms with Crippen LogP contribution in [0.1, 0.15) is 56.1 Å². The van der Waals surface area contributed by atoms with Crippen LogP contribution in [0, 0.1) is 23.2 Å². The molecule has 0 spiro atoms. The number of rotatable bonds is 5. The summed E-state index contributed by atoms with van der Waals surface area (Å²) in [5, 5.41) is 0. The number of hydrogen-bond donors (Lipinski definition) is 0.